The predicted molar refractivity (Wildman–Crippen MR) is 141 cm³/mol. The molecule has 0 aromatic carbocycles. The van der Waals surface area contributed by atoms with Crippen molar-refractivity contribution in [2.24, 2.45) is 0 Å². The molecule has 1 fully saturated rings. The normalized spacial score (nSPS) is 14.5. The number of hydrogen-bond donors (Lipinski definition) is 2. The average Bonchev–Trinajstić information content (AvgIpc) is 3.38. The zero-order valence-electron chi connectivity index (χ0n) is 20.0. The summed E-state index contributed by atoms with van der Waals surface area (Å²) in [6, 6.07) is 7.98. The van der Waals surface area contributed by atoms with Crippen LogP contribution < -0.4 is 15.5 Å². The van der Waals surface area contributed by atoms with E-state index < -0.39 is 0 Å². The number of rotatable bonds is 6. The van der Waals surface area contributed by atoms with Gasteiger partial charge in [0.2, 0.25) is 0 Å². The Kier molecular flexibility index (Phi) is 6.56. The summed E-state index contributed by atoms with van der Waals surface area (Å²) >= 11 is 1.54. The Morgan fingerprint density at radius 1 is 0.971 bits per heavy atom. The molecule has 4 aromatic rings. The molecule has 180 valence electrons. The third kappa shape index (κ3) is 5.08. The molecule has 1 aliphatic heterocycles. The van der Waals surface area contributed by atoms with Crippen molar-refractivity contribution in [1.82, 2.24) is 24.8 Å². The standard InChI is InChI=1S/C25H28N8OS/c1-16(2)32-6-8-33(9-7-32)23-12-17(4-5-27-23)24(34)31-22-11-18-10-20(28-13-19(18)14-29-22)21-15-30-25(26-3)35-21/h4-5,10-16H,6-9H2,1-3H3,(H,26,30)(H,29,31,34). The number of hydrogen-bond acceptors (Lipinski definition) is 9. The second kappa shape index (κ2) is 9.93. The molecule has 0 unspecified atom stereocenters. The van der Waals surface area contributed by atoms with E-state index in [9.17, 15) is 4.79 Å². The van der Waals surface area contributed by atoms with Crippen LogP contribution in [0.2, 0.25) is 0 Å². The molecule has 9 nitrogen and oxygen atoms in total. The van der Waals surface area contributed by atoms with Crippen molar-refractivity contribution in [2.75, 3.05) is 48.8 Å². The lowest BCUT2D eigenvalue weighted by Crippen LogP contribution is -2.49. The lowest BCUT2D eigenvalue weighted by Gasteiger charge is -2.37. The first kappa shape index (κ1) is 23.1. The summed E-state index contributed by atoms with van der Waals surface area (Å²) in [7, 11) is 1.84. The number of fused-ring (bicyclic) bond motifs is 1. The highest BCUT2D eigenvalue weighted by Gasteiger charge is 2.20. The van der Waals surface area contributed by atoms with Crippen molar-refractivity contribution in [1.29, 1.82) is 0 Å². The fraction of sp³-hybridized carbons (Fsp3) is 0.320. The van der Waals surface area contributed by atoms with Crippen molar-refractivity contribution >= 4 is 44.8 Å². The van der Waals surface area contributed by atoms with Crippen LogP contribution in [0.5, 0.6) is 0 Å². The van der Waals surface area contributed by atoms with E-state index in [1.54, 1.807) is 30.9 Å². The largest absolute Gasteiger partial charge is 0.365 e. The van der Waals surface area contributed by atoms with Gasteiger partial charge in [-0.3, -0.25) is 14.7 Å². The molecule has 0 saturated carbocycles. The van der Waals surface area contributed by atoms with Gasteiger partial charge in [0.05, 0.1) is 10.6 Å². The van der Waals surface area contributed by atoms with Crippen LogP contribution >= 0.6 is 11.3 Å². The van der Waals surface area contributed by atoms with Crippen LogP contribution in [-0.4, -0.2) is 70.0 Å². The molecule has 2 N–H and O–H groups in total. The molecule has 0 aliphatic carbocycles. The number of nitrogens with zero attached hydrogens (tertiary/aromatic N) is 6. The van der Waals surface area contributed by atoms with Crippen LogP contribution in [0.4, 0.5) is 16.8 Å². The SMILES string of the molecule is CNc1ncc(-c2cc3cc(NC(=O)c4ccnc(N5CCN(C(C)C)CC5)c4)ncc3cn2)s1. The van der Waals surface area contributed by atoms with Gasteiger partial charge in [-0.1, -0.05) is 11.3 Å². The van der Waals surface area contributed by atoms with Gasteiger partial charge in [-0.25, -0.2) is 15.0 Å². The fourth-order valence-corrected chi connectivity index (χ4v) is 4.88. The number of carbonyl (C=O) groups excluding carboxylic acids is 1. The van der Waals surface area contributed by atoms with Gasteiger partial charge < -0.3 is 15.5 Å². The minimum absolute atomic E-state index is 0.211. The molecule has 0 spiro atoms. The first-order valence-electron chi connectivity index (χ1n) is 11.7. The zero-order valence-corrected chi connectivity index (χ0v) is 20.8. The molecule has 0 atom stereocenters. The maximum absolute atomic E-state index is 13.0. The van der Waals surface area contributed by atoms with Gasteiger partial charge in [-0.2, -0.15) is 0 Å². The number of nitrogens with one attached hydrogen (secondary N) is 2. The molecule has 10 heteroatoms. The van der Waals surface area contributed by atoms with Crippen molar-refractivity contribution < 1.29 is 4.79 Å². The van der Waals surface area contributed by atoms with Crippen molar-refractivity contribution in [2.45, 2.75) is 19.9 Å². The second-order valence-corrected chi connectivity index (χ2v) is 9.77. The molecule has 1 aliphatic rings. The monoisotopic (exact) mass is 488 g/mol. The van der Waals surface area contributed by atoms with Gasteiger partial charge in [0.15, 0.2) is 5.13 Å². The third-order valence-corrected chi connectivity index (χ3v) is 7.23. The van der Waals surface area contributed by atoms with E-state index in [1.165, 1.54) is 11.3 Å². The number of pyridine rings is 3. The number of aromatic nitrogens is 4. The Morgan fingerprint density at radius 2 is 1.77 bits per heavy atom. The molecule has 35 heavy (non-hydrogen) atoms. The van der Waals surface area contributed by atoms with Crippen molar-refractivity contribution in [3.8, 4) is 10.6 Å². The maximum atomic E-state index is 13.0. The van der Waals surface area contributed by atoms with E-state index in [0.717, 1.165) is 58.5 Å². The van der Waals surface area contributed by atoms with Crippen molar-refractivity contribution in [3.63, 3.8) is 0 Å². The summed E-state index contributed by atoms with van der Waals surface area (Å²) in [6.07, 6.45) is 7.01. The Balaban J connectivity index is 1.31. The van der Waals surface area contributed by atoms with Crippen LogP contribution in [-0.2, 0) is 0 Å². The summed E-state index contributed by atoms with van der Waals surface area (Å²) in [4.78, 5) is 36.4. The first-order valence-corrected chi connectivity index (χ1v) is 12.5. The van der Waals surface area contributed by atoms with E-state index >= 15 is 0 Å². The maximum Gasteiger partial charge on any atom is 0.257 e. The Hall–Kier alpha value is -3.63. The number of piperazine rings is 1. The first-order chi connectivity index (χ1) is 17.0. The molecule has 5 heterocycles. The smallest absolute Gasteiger partial charge is 0.257 e. The summed E-state index contributed by atoms with van der Waals surface area (Å²) in [5.41, 5.74) is 1.39. The lowest BCUT2D eigenvalue weighted by atomic mass is 10.2. The number of thiazole rings is 1. The third-order valence-electron chi connectivity index (χ3n) is 6.19. The van der Waals surface area contributed by atoms with Gasteiger partial charge in [-0.15, -0.1) is 0 Å². The molecular formula is C25H28N8OS. The Morgan fingerprint density at radius 3 is 2.51 bits per heavy atom. The molecule has 5 rings (SSSR count). The molecule has 0 bridgehead atoms. The van der Waals surface area contributed by atoms with Gasteiger partial charge in [0.25, 0.3) is 5.91 Å². The topological polar surface area (TPSA) is 99.2 Å². The van der Waals surface area contributed by atoms with Gasteiger partial charge in [-0.05, 0) is 43.5 Å². The highest BCUT2D eigenvalue weighted by atomic mass is 32.1. The molecule has 1 saturated heterocycles. The van der Waals surface area contributed by atoms with Crippen LogP contribution in [0.25, 0.3) is 21.3 Å². The quantitative estimate of drug-likeness (QED) is 0.421. The Bertz CT molecular complexity index is 1350. The molecular weight excluding hydrogens is 460 g/mol. The Labute approximate surface area is 208 Å². The van der Waals surface area contributed by atoms with Gasteiger partial charge >= 0.3 is 0 Å². The van der Waals surface area contributed by atoms with E-state index in [0.29, 0.717) is 17.4 Å². The summed E-state index contributed by atoms with van der Waals surface area (Å²) in [5, 5.41) is 8.65. The molecule has 4 aromatic heterocycles. The summed E-state index contributed by atoms with van der Waals surface area (Å²) in [6.45, 7) is 8.21. The highest BCUT2D eigenvalue weighted by Crippen LogP contribution is 2.29. The highest BCUT2D eigenvalue weighted by molar-refractivity contribution is 7.18. The fourth-order valence-electron chi connectivity index (χ4n) is 4.14. The van der Waals surface area contributed by atoms with E-state index in [-0.39, 0.29) is 5.91 Å². The van der Waals surface area contributed by atoms with Crippen molar-refractivity contribution in [3.05, 3.63) is 54.6 Å². The van der Waals surface area contributed by atoms with E-state index in [1.807, 2.05) is 25.2 Å². The van der Waals surface area contributed by atoms with Gasteiger partial charge in [0, 0.05) is 75.0 Å². The number of anilines is 3. The van der Waals surface area contributed by atoms with Crippen LogP contribution in [0.3, 0.4) is 0 Å². The zero-order chi connectivity index (χ0) is 24.4. The summed E-state index contributed by atoms with van der Waals surface area (Å²) < 4.78 is 0. The molecule has 1 amide bonds. The van der Waals surface area contributed by atoms with Crippen LogP contribution in [0.1, 0.15) is 24.2 Å². The summed E-state index contributed by atoms with van der Waals surface area (Å²) in [5.74, 6) is 1.11. The second-order valence-electron chi connectivity index (χ2n) is 8.74. The molecule has 0 radical (unpaired) electrons. The number of amides is 1. The van der Waals surface area contributed by atoms with Crippen LogP contribution in [0.15, 0.2) is 49.1 Å². The predicted octanol–water partition coefficient (Wildman–Crippen LogP) is 3.97. The van der Waals surface area contributed by atoms with E-state index in [4.69, 9.17) is 0 Å². The minimum atomic E-state index is -0.211. The lowest BCUT2D eigenvalue weighted by molar-refractivity contribution is 0.102. The minimum Gasteiger partial charge on any atom is -0.365 e. The number of carbonyl (C=O) groups is 1. The van der Waals surface area contributed by atoms with Crippen LogP contribution in [0, 0.1) is 0 Å². The van der Waals surface area contributed by atoms with Gasteiger partial charge in [0.1, 0.15) is 11.6 Å². The van der Waals surface area contributed by atoms with E-state index in [2.05, 4.69) is 54.2 Å². The average molecular weight is 489 g/mol.